The van der Waals surface area contributed by atoms with Gasteiger partial charge in [-0.3, -0.25) is 14.9 Å². The molecule has 0 spiro atoms. The lowest BCUT2D eigenvalue weighted by Crippen LogP contribution is -2.22. The van der Waals surface area contributed by atoms with Crippen LogP contribution in [0.2, 0.25) is 0 Å². The summed E-state index contributed by atoms with van der Waals surface area (Å²) in [5.74, 6) is -0.249. The molecule has 0 aromatic carbocycles. The van der Waals surface area contributed by atoms with Crippen molar-refractivity contribution in [3.05, 3.63) is 34.1 Å². The lowest BCUT2D eigenvalue weighted by Gasteiger charge is -1.95. The van der Waals surface area contributed by atoms with Crippen LogP contribution in [0.5, 0.6) is 0 Å². The van der Waals surface area contributed by atoms with Crippen LogP contribution in [0.3, 0.4) is 0 Å². The summed E-state index contributed by atoms with van der Waals surface area (Å²) in [5, 5.41) is 13.1. The van der Waals surface area contributed by atoms with Crippen molar-refractivity contribution < 1.29 is 14.1 Å². The summed E-state index contributed by atoms with van der Waals surface area (Å²) in [7, 11) is 0. The Bertz CT molecular complexity index is 445. The molecule has 1 heterocycles. The predicted octanol–water partition coefficient (Wildman–Crippen LogP) is 1.48. The number of nitrogens with zero attached hydrogens (tertiary/aromatic N) is 1. The van der Waals surface area contributed by atoms with Gasteiger partial charge < -0.3 is 9.73 Å². The summed E-state index contributed by atoms with van der Waals surface area (Å²) in [6, 6.07) is 2.99. The fourth-order valence-electron chi connectivity index (χ4n) is 1.16. The third kappa shape index (κ3) is 2.69. The summed E-state index contributed by atoms with van der Waals surface area (Å²) < 4.78 is 4.85. The first-order valence-electron chi connectivity index (χ1n) is 4.88. The highest BCUT2D eigenvalue weighted by molar-refractivity contribution is 5.91. The maximum atomic E-state index is 11.2. The van der Waals surface area contributed by atoms with E-state index in [9.17, 15) is 14.9 Å². The molecule has 1 saturated carbocycles. The minimum atomic E-state index is -0.623. The Balaban J connectivity index is 1.93. The molecule has 0 saturated heterocycles. The van der Waals surface area contributed by atoms with Crippen LogP contribution in [0.15, 0.2) is 22.6 Å². The Morgan fingerprint density at radius 2 is 2.31 bits per heavy atom. The molecule has 2 rings (SSSR count). The molecular formula is C10H10N2O4. The minimum absolute atomic E-state index is 0.207. The molecule has 1 fully saturated rings. The van der Waals surface area contributed by atoms with Crippen LogP contribution in [0, 0.1) is 10.1 Å². The highest BCUT2D eigenvalue weighted by Crippen LogP contribution is 2.19. The van der Waals surface area contributed by atoms with Gasteiger partial charge in [-0.2, -0.15) is 0 Å². The zero-order valence-electron chi connectivity index (χ0n) is 8.38. The van der Waals surface area contributed by atoms with E-state index in [-0.39, 0.29) is 17.6 Å². The molecule has 0 radical (unpaired) electrons. The fourth-order valence-corrected chi connectivity index (χ4v) is 1.16. The number of rotatable bonds is 4. The molecule has 6 nitrogen and oxygen atoms in total. The maximum absolute atomic E-state index is 11.2. The topological polar surface area (TPSA) is 85.4 Å². The van der Waals surface area contributed by atoms with E-state index in [1.54, 1.807) is 0 Å². The SMILES string of the molecule is O=C(/C=C/c1ccc([N+](=O)[O-])o1)NC1CC1. The maximum Gasteiger partial charge on any atom is 0.433 e. The smallest absolute Gasteiger partial charge is 0.401 e. The molecule has 1 aromatic rings. The Hall–Kier alpha value is -2.11. The molecule has 0 unspecified atom stereocenters. The van der Waals surface area contributed by atoms with Crippen LogP contribution in [0.1, 0.15) is 18.6 Å². The lowest BCUT2D eigenvalue weighted by molar-refractivity contribution is -0.402. The summed E-state index contributed by atoms with van der Waals surface area (Å²) in [6.07, 6.45) is 4.75. The van der Waals surface area contributed by atoms with E-state index in [0.29, 0.717) is 6.04 Å². The first kappa shape index (κ1) is 10.4. The summed E-state index contributed by atoms with van der Waals surface area (Å²) in [4.78, 5) is 20.9. The number of carbonyl (C=O) groups is 1. The van der Waals surface area contributed by atoms with Crippen LogP contribution < -0.4 is 5.32 Å². The van der Waals surface area contributed by atoms with Crippen molar-refractivity contribution in [2.75, 3.05) is 0 Å². The summed E-state index contributed by atoms with van der Waals surface area (Å²) >= 11 is 0. The molecule has 0 aliphatic heterocycles. The molecule has 16 heavy (non-hydrogen) atoms. The number of furan rings is 1. The van der Waals surface area contributed by atoms with Gasteiger partial charge in [0.15, 0.2) is 0 Å². The van der Waals surface area contributed by atoms with Gasteiger partial charge >= 0.3 is 5.88 Å². The van der Waals surface area contributed by atoms with Gasteiger partial charge in [0.25, 0.3) is 0 Å². The van der Waals surface area contributed by atoms with Gasteiger partial charge in [-0.05, 0) is 25.0 Å². The first-order valence-corrected chi connectivity index (χ1v) is 4.88. The number of nitrogens with one attached hydrogen (secondary N) is 1. The zero-order valence-corrected chi connectivity index (χ0v) is 8.38. The highest BCUT2D eigenvalue weighted by Gasteiger charge is 2.22. The van der Waals surface area contributed by atoms with E-state index in [1.165, 1.54) is 24.3 Å². The van der Waals surface area contributed by atoms with Crippen LogP contribution in [-0.4, -0.2) is 16.9 Å². The Labute approximate surface area is 91.1 Å². The largest absolute Gasteiger partial charge is 0.433 e. The molecule has 0 atom stereocenters. The van der Waals surface area contributed by atoms with Crippen LogP contribution in [0.25, 0.3) is 6.08 Å². The molecule has 1 N–H and O–H groups in total. The van der Waals surface area contributed by atoms with E-state index in [1.807, 2.05) is 0 Å². The Kier molecular flexibility index (Phi) is 2.72. The van der Waals surface area contributed by atoms with Gasteiger partial charge in [0, 0.05) is 12.1 Å². The van der Waals surface area contributed by atoms with Gasteiger partial charge in [-0.1, -0.05) is 0 Å². The van der Waals surface area contributed by atoms with Crippen molar-refractivity contribution >= 4 is 17.9 Å². The van der Waals surface area contributed by atoms with Crippen LogP contribution in [0.4, 0.5) is 5.88 Å². The molecule has 1 amide bonds. The lowest BCUT2D eigenvalue weighted by atomic mass is 10.4. The van der Waals surface area contributed by atoms with Gasteiger partial charge in [0.05, 0.1) is 6.07 Å². The standard InChI is InChI=1S/C10H10N2O4/c13-9(11-7-1-2-7)5-3-8-4-6-10(16-8)12(14)15/h3-7H,1-2H2,(H,11,13)/b5-3+. The Morgan fingerprint density at radius 1 is 1.56 bits per heavy atom. The van der Waals surface area contributed by atoms with Crippen molar-refractivity contribution in [2.24, 2.45) is 0 Å². The van der Waals surface area contributed by atoms with E-state index in [0.717, 1.165) is 12.8 Å². The van der Waals surface area contributed by atoms with Gasteiger partial charge in [0.2, 0.25) is 5.91 Å². The second kappa shape index (κ2) is 4.18. The molecule has 6 heteroatoms. The van der Waals surface area contributed by atoms with Crippen molar-refractivity contribution in [2.45, 2.75) is 18.9 Å². The average molecular weight is 222 g/mol. The van der Waals surface area contributed by atoms with E-state index >= 15 is 0 Å². The molecule has 1 aromatic heterocycles. The molecule has 84 valence electrons. The molecular weight excluding hydrogens is 212 g/mol. The third-order valence-electron chi connectivity index (χ3n) is 2.12. The van der Waals surface area contributed by atoms with E-state index in [4.69, 9.17) is 4.42 Å². The number of nitro groups is 1. The summed E-state index contributed by atoms with van der Waals surface area (Å²) in [6.45, 7) is 0. The van der Waals surface area contributed by atoms with Gasteiger partial charge in [-0.25, -0.2) is 0 Å². The zero-order chi connectivity index (χ0) is 11.5. The van der Waals surface area contributed by atoms with E-state index < -0.39 is 4.92 Å². The minimum Gasteiger partial charge on any atom is -0.401 e. The molecule has 1 aliphatic carbocycles. The second-order valence-corrected chi connectivity index (χ2v) is 3.55. The number of hydrogen-bond donors (Lipinski definition) is 1. The van der Waals surface area contributed by atoms with Crippen molar-refractivity contribution in [1.82, 2.24) is 5.32 Å². The summed E-state index contributed by atoms with van der Waals surface area (Å²) in [5.41, 5.74) is 0. The van der Waals surface area contributed by atoms with Gasteiger partial charge in [0.1, 0.15) is 10.7 Å². The first-order chi connectivity index (χ1) is 7.65. The van der Waals surface area contributed by atoms with Crippen molar-refractivity contribution in [3.63, 3.8) is 0 Å². The van der Waals surface area contributed by atoms with E-state index in [2.05, 4.69) is 5.32 Å². The van der Waals surface area contributed by atoms with Crippen molar-refractivity contribution in [3.8, 4) is 0 Å². The quantitative estimate of drug-likeness (QED) is 0.475. The predicted molar refractivity (Wildman–Crippen MR) is 55.6 cm³/mol. The monoisotopic (exact) mass is 222 g/mol. The second-order valence-electron chi connectivity index (χ2n) is 3.55. The fraction of sp³-hybridized carbons (Fsp3) is 0.300. The Morgan fingerprint density at radius 3 is 2.88 bits per heavy atom. The highest BCUT2D eigenvalue weighted by atomic mass is 16.6. The number of hydrogen-bond acceptors (Lipinski definition) is 4. The molecule has 1 aliphatic rings. The average Bonchev–Trinajstić information content (AvgIpc) is 2.91. The third-order valence-corrected chi connectivity index (χ3v) is 2.12. The van der Waals surface area contributed by atoms with Crippen molar-refractivity contribution in [1.29, 1.82) is 0 Å². The van der Waals surface area contributed by atoms with Gasteiger partial charge in [-0.15, -0.1) is 0 Å². The number of carbonyl (C=O) groups excluding carboxylic acids is 1. The van der Waals surface area contributed by atoms with Crippen LogP contribution in [-0.2, 0) is 4.79 Å². The number of amides is 1. The van der Waals surface area contributed by atoms with Crippen LogP contribution >= 0.6 is 0 Å². The normalized spacial score (nSPS) is 15.2. The molecule has 0 bridgehead atoms.